The Labute approximate surface area is 150 Å². The van der Waals surface area contributed by atoms with Crippen LogP contribution < -0.4 is 5.43 Å². The van der Waals surface area contributed by atoms with Crippen LogP contribution in [-0.4, -0.2) is 34.6 Å². The number of carbonyl (C=O) groups excluding carboxylic acids is 2. The summed E-state index contributed by atoms with van der Waals surface area (Å²) in [7, 11) is 1.33. The van der Waals surface area contributed by atoms with Crippen LogP contribution in [0.3, 0.4) is 0 Å². The average molecular weight is 350 g/mol. The molecule has 1 N–H and O–H groups in total. The number of rotatable bonds is 4. The fraction of sp³-hybridized carbons (Fsp3) is 0.158. The molecule has 26 heavy (non-hydrogen) atoms. The molecule has 0 bridgehead atoms. The first kappa shape index (κ1) is 17.3. The summed E-state index contributed by atoms with van der Waals surface area (Å²) >= 11 is 0. The molecule has 0 fully saturated rings. The van der Waals surface area contributed by atoms with Gasteiger partial charge in [0.15, 0.2) is 0 Å². The molecular weight excluding hydrogens is 332 g/mol. The maximum atomic E-state index is 12.5. The first-order valence-electron chi connectivity index (χ1n) is 7.96. The molecule has 1 amide bonds. The molecule has 1 aromatic carbocycles. The molecule has 0 aliphatic carbocycles. The van der Waals surface area contributed by atoms with E-state index in [4.69, 9.17) is 0 Å². The normalized spacial score (nSPS) is 11.0. The molecule has 3 rings (SSSR count). The van der Waals surface area contributed by atoms with E-state index in [9.17, 15) is 9.59 Å². The molecule has 0 saturated carbocycles. The number of esters is 1. The van der Waals surface area contributed by atoms with E-state index in [1.807, 2.05) is 25.3 Å². The van der Waals surface area contributed by atoms with Crippen molar-refractivity contribution in [1.82, 2.24) is 14.8 Å². The van der Waals surface area contributed by atoms with Crippen LogP contribution in [-0.2, 0) is 4.74 Å². The van der Waals surface area contributed by atoms with Crippen molar-refractivity contribution in [3.63, 3.8) is 0 Å². The second-order valence-electron chi connectivity index (χ2n) is 5.79. The number of hydrazone groups is 1. The third kappa shape index (κ3) is 3.46. The third-order valence-electron chi connectivity index (χ3n) is 3.87. The number of nitrogens with one attached hydrogen (secondary N) is 1. The van der Waals surface area contributed by atoms with Gasteiger partial charge in [0.2, 0.25) is 0 Å². The predicted octanol–water partition coefficient (Wildman–Crippen LogP) is 2.50. The van der Waals surface area contributed by atoms with Crippen LogP contribution in [0, 0.1) is 13.8 Å². The lowest BCUT2D eigenvalue weighted by atomic mass is 10.1. The van der Waals surface area contributed by atoms with Gasteiger partial charge in [0.05, 0.1) is 24.6 Å². The fourth-order valence-corrected chi connectivity index (χ4v) is 2.58. The highest BCUT2D eigenvalue weighted by atomic mass is 16.5. The van der Waals surface area contributed by atoms with E-state index >= 15 is 0 Å². The van der Waals surface area contributed by atoms with Crippen molar-refractivity contribution in [2.45, 2.75) is 13.8 Å². The zero-order valence-electron chi connectivity index (χ0n) is 14.7. The zero-order chi connectivity index (χ0) is 18.7. The number of hydrogen-bond donors (Lipinski definition) is 1. The highest BCUT2D eigenvalue weighted by Crippen LogP contribution is 2.13. The molecule has 0 atom stereocenters. The summed E-state index contributed by atoms with van der Waals surface area (Å²) in [6.07, 6.45) is 3.36. The van der Waals surface area contributed by atoms with Gasteiger partial charge in [0.1, 0.15) is 11.3 Å². The lowest BCUT2D eigenvalue weighted by Crippen LogP contribution is -2.20. The monoisotopic (exact) mass is 350 g/mol. The Morgan fingerprint density at radius 2 is 1.88 bits per heavy atom. The molecule has 0 unspecified atom stereocenters. The van der Waals surface area contributed by atoms with Gasteiger partial charge >= 0.3 is 5.97 Å². The Morgan fingerprint density at radius 1 is 1.15 bits per heavy atom. The van der Waals surface area contributed by atoms with Gasteiger partial charge in [0, 0.05) is 6.20 Å². The van der Waals surface area contributed by atoms with E-state index in [-0.39, 0.29) is 5.91 Å². The number of hydrogen-bond acceptors (Lipinski definition) is 5. The number of ether oxygens (including phenoxy) is 1. The Bertz CT molecular complexity index is 1000. The van der Waals surface area contributed by atoms with Crippen LogP contribution in [0.25, 0.3) is 5.65 Å². The van der Waals surface area contributed by atoms with Crippen LogP contribution in [0.4, 0.5) is 0 Å². The number of imidazole rings is 1. The lowest BCUT2D eigenvalue weighted by Gasteiger charge is -2.03. The highest BCUT2D eigenvalue weighted by molar-refractivity contribution is 5.95. The van der Waals surface area contributed by atoms with Gasteiger partial charge in [-0.2, -0.15) is 5.10 Å². The molecule has 132 valence electrons. The van der Waals surface area contributed by atoms with Gasteiger partial charge in [-0.3, -0.25) is 9.20 Å². The summed E-state index contributed by atoms with van der Waals surface area (Å²) in [6.45, 7) is 3.74. The van der Waals surface area contributed by atoms with Crippen molar-refractivity contribution in [1.29, 1.82) is 0 Å². The second-order valence-corrected chi connectivity index (χ2v) is 5.79. The van der Waals surface area contributed by atoms with Crippen LogP contribution in [0.2, 0.25) is 0 Å². The van der Waals surface area contributed by atoms with Crippen molar-refractivity contribution >= 4 is 23.7 Å². The van der Waals surface area contributed by atoms with Crippen LogP contribution in [0.15, 0.2) is 47.7 Å². The molecule has 2 aromatic heterocycles. The highest BCUT2D eigenvalue weighted by Gasteiger charge is 2.16. The first-order valence-corrected chi connectivity index (χ1v) is 7.96. The van der Waals surface area contributed by atoms with E-state index in [0.29, 0.717) is 22.6 Å². The Morgan fingerprint density at radius 3 is 2.58 bits per heavy atom. The molecular formula is C19H18N4O3. The van der Waals surface area contributed by atoms with Gasteiger partial charge in [-0.1, -0.05) is 18.2 Å². The summed E-state index contributed by atoms with van der Waals surface area (Å²) in [4.78, 5) is 28.3. The fourth-order valence-electron chi connectivity index (χ4n) is 2.58. The number of amides is 1. The minimum Gasteiger partial charge on any atom is -0.465 e. The lowest BCUT2D eigenvalue weighted by molar-refractivity contribution is 0.0600. The van der Waals surface area contributed by atoms with E-state index in [0.717, 1.165) is 11.1 Å². The molecule has 0 spiro atoms. The second kappa shape index (κ2) is 7.18. The topological polar surface area (TPSA) is 85.1 Å². The predicted molar refractivity (Wildman–Crippen MR) is 97.5 cm³/mol. The van der Waals surface area contributed by atoms with Gasteiger partial charge in [0.25, 0.3) is 5.91 Å². The van der Waals surface area contributed by atoms with Crippen LogP contribution in [0.1, 0.15) is 37.7 Å². The first-order chi connectivity index (χ1) is 12.5. The molecule has 3 aromatic rings. The molecule has 0 aliphatic rings. The number of fused-ring (bicyclic) bond motifs is 1. The zero-order valence-corrected chi connectivity index (χ0v) is 14.7. The van der Waals surface area contributed by atoms with Crippen molar-refractivity contribution in [3.8, 4) is 0 Å². The number of pyridine rings is 1. The quantitative estimate of drug-likeness (QED) is 0.445. The van der Waals surface area contributed by atoms with Gasteiger partial charge in [-0.15, -0.1) is 0 Å². The Hall–Kier alpha value is -3.48. The van der Waals surface area contributed by atoms with E-state index in [2.05, 4.69) is 20.2 Å². The minimum absolute atomic E-state index is 0.344. The number of aromatic nitrogens is 2. The van der Waals surface area contributed by atoms with Crippen molar-refractivity contribution in [2.24, 2.45) is 5.10 Å². The molecule has 7 heteroatoms. The smallest absolute Gasteiger partial charge is 0.337 e. The van der Waals surface area contributed by atoms with Crippen LogP contribution in [0.5, 0.6) is 0 Å². The van der Waals surface area contributed by atoms with Crippen molar-refractivity contribution in [2.75, 3.05) is 7.11 Å². The number of carbonyl (C=O) groups is 2. The summed E-state index contributed by atoms with van der Waals surface area (Å²) in [5.41, 5.74) is 6.51. The maximum Gasteiger partial charge on any atom is 0.337 e. The van der Waals surface area contributed by atoms with Gasteiger partial charge in [-0.05, 0) is 43.2 Å². The third-order valence-corrected chi connectivity index (χ3v) is 3.87. The summed E-state index contributed by atoms with van der Waals surface area (Å²) < 4.78 is 6.40. The number of aryl methyl sites for hydroxylation is 2. The maximum absolute atomic E-state index is 12.5. The molecule has 0 aliphatic heterocycles. The van der Waals surface area contributed by atoms with Gasteiger partial charge in [-0.25, -0.2) is 15.2 Å². The Kier molecular flexibility index (Phi) is 4.79. The number of nitrogens with zero attached hydrogens (tertiary/aromatic N) is 3. The van der Waals surface area contributed by atoms with Gasteiger partial charge < -0.3 is 4.74 Å². The molecule has 7 nitrogen and oxygen atoms in total. The Balaban J connectivity index is 1.75. The molecule has 0 saturated heterocycles. The van der Waals surface area contributed by atoms with E-state index in [1.54, 1.807) is 35.6 Å². The van der Waals surface area contributed by atoms with Crippen molar-refractivity contribution in [3.05, 3.63) is 70.7 Å². The number of methoxy groups -OCH3 is 1. The summed E-state index contributed by atoms with van der Waals surface area (Å²) in [5.74, 6) is -0.747. The van der Waals surface area contributed by atoms with E-state index in [1.165, 1.54) is 13.3 Å². The standard InChI is InChI=1S/C19H18N4O3/c1-12-4-9-16-21-13(2)17(23(16)11-12)18(24)22-20-10-14-5-7-15(8-6-14)19(25)26-3/h4-11H,1-3H3,(H,22,24)/b20-10+. The average Bonchev–Trinajstić information content (AvgIpc) is 2.96. The van der Waals surface area contributed by atoms with E-state index < -0.39 is 5.97 Å². The summed E-state index contributed by atoms with van der Waals surface area (Å²) in [6, 6.07) is 10.5. The molecule has 0 radical (unpaired) electrons. The largest absolute Gasteiger partial charge is 0.465 e. The minimum atomic E-state index is -0.403. The van der Waals surface area contributed by atoms with Crippen LogP contribution >= 0.6 is 0 Å². The van der Waals surface area contributed by atoms with Crippen molar-refractivity contribution < 1.29 is 14.3 Å². The molecule has 2 heterocycles. The SMILES string of the molecule is COC(=O)c1ccc(/C=N/NC(=O)c2c(C)nc3ccc(C)cn23)cc1. The number of benzene rings is 1. The summed E-state index contributed by atoms with van der Waals surface area (Å²) in [5, 5.41) is 3.98.